The summed E-state index contributed by atoms with van der Waals surface area (Å²) in [5, 5.41) is 4.88. The second kappa shape index (κ2) is 11.5. The SMILES string of the molecule is CCOc1cc(CNc2ccc(N3CCOCC3)c(Cl)c2)ccc1OCc1cccc(Cl)c1. The molecule has 4 rings (SSSR count). The van der Waals surface area contributed by atoms with Crippen LogP contribution in [0.15, 0.2) is 60.7 Å². The van der Waals surface area contributed by atoms with E-state index in [2.05, 4.69) is 22.3 Å². The van der Waals surface area contributed by atoms with Gasteiger partial charge in [0.25, 0.3) is 0 Å². The summed E-state index contributed by atoms with van der Waals surface area (Å²) in [6.45, 7) is 6.77. The Morgan fingerprint density at radius 3 is 2.52 bits per heavy atom. The standard InChI is InChI=1S/C26H28Cl2N2O3/c1-2-32-26-15-19(6-9-25(26)33-18-20-4-3-5-21(27)14-20)17-29-22-7-8-24(23(28)16-22)30-10-12-31-13-11-30/h3-9,14-16,29H,2,10-13,17-18H2,1H3. The molecular weight excluding hydrogens is 459 g/mol. The quantitative estimate of drug-likeness (QED) is 0.377. The Hall–Kier alpha value is -2.60. The van der Waals surface area contributed by atoms with Crippen LogP contribution < -0.4 is 19.7 Å². The molecule has 7 heteroatoms. The molecule has 0 saturated carbocycles. The van der Waals surface area contributed by atoms with Crippen molar-refractivity contribution in [1.82, 2.24) is 0 Å². The number of hydrogen-bond donors (Lipinski definition) is 1. The lowest BCUT2D eigenvalue weighted by atomic mass is 10.2. The smallest absolute Gasteiger partial charge is 0.161 e. The molecule has 1 aliphatic rings. The maximum atomic E-state index is 6.56. The van der Waals surface area contributed by atoms with Crippen molar-refractivity contribution in [2.24, 2.45) is 0 Å². The summed E-state index contributed by atoms with van der Waals surface area (Å²) >= 11 is 12.6. The zero-order chi connectivity index (χ0) is 23.0. The average Bonchev–Trinajstić information content (AvgIpc) is 2.83. The Morgan fingerprint density at radius 2 is 1.76 bits per heavy atom. The normalized spacial score (nSPS) is 13.6. The van der Waals surface area contributed by atoms with E-state index in [1.165, 1.54) is 0 Å². The van der Waals surface area contributed by atoms with Crippen molar-refractivity contribution in [1.29, 1.82) is 0 Å². The fourth-order valence-electron chi connectivity index (χ4n) is 3.72. The van der Waals surface area contributed by atoms with Crippen LogP contribution in [0, 0.1) is 0 Å². The first-order chi connectivity index (χ1) is 16.1. The number of morpholine rings is 1. The Kier molecular flexibility index (Phi) is 8.21. The highest BCUT2D eigenvalue weighted by Gasteiger charge is 2.14. The average molecular weight is 487 g/mol. The van der Waals surface area contributed by atoms with Gasteiger partial charge >= 0.3 is 0 Å². The summed E-state index contributed by atoms with van der Waals surface area (Å²) in [4.78, 5) is 2.26. The molecule has 1 saturated heterocycles. The van der Waals surface area contributed by atoms with Crippen molar-refractivity contribution in [3.8, 4) is 11.5 Å². The molecule has 0 aromatic heterocycles. The van der Waals surface area contributed by atoms with E-state index < -0.39 is 0 Å². The molecule has 0 spiro atoms. The van der Waals surface area contributed by atoms with Crippen LogP contribution in [0.3, 0.4) is 0 Å². The lowest BCUT2D eigenvalue weighted by Gasteiger charge is -2.29. The summed E-state index contributed by atoms with van der Waals surface area (Å²) in [5.74, 6) is 1.43. The van der Waals surface area contributed by atoms with Crippen molar-refractivity contribution in [3.05, 3.63) is 81.8 Å². The fraction of sp³-hybridized carbons (Fsp3) is 0.308. The van der Waals surface area contributed by atoms with Crippen molar-refractivity contribution in [2.75, 3.05) is 43.1 Å². The molecule has 1 N–H and O–H groups in total. The van der Waals surface area contributed by atoms with Crippen LogP contribution in [0.2, 0.25) is 10.0 Å². The maximum Gasteiger partial charge on any atom is 0.161 e. The van der Waals surface area contributed by atoms with E-state index in [4.69, 9.17) is 37.4 Å². The third-order valence-electron chi connectivity index (χ3n) is 5.39. The van der Waals surface area contributed by atoms with E-state index in [-0.39, 0.29) is 0 Å². The summed E-state index contributed by atoms with van der Waals surface area (Å²) in [6, 6.07) is 19.7. The number of halogens is 2. The van der Waals surface area contributed by atoms with Gasteiger partial charge in [-0.15, -0.1) is 0 Å². The van der Waals surface area contributed by atoms with Crippen LogP contribution >= 0.6 is 23.2 Å². The second-order valence-corrected chi connectivity index (χ2v) is 8.60. The number of hydrogen-bond acceptors (Lipinski definition) is 5. The van der Waals surface area contributed by atoms with Crippen LogP contribution in [0.4, 0.5) is 11.4 Å². The van der Waals surface area contributed by atoms with E-state index in [1.54, 1.807) is 0 Å². The summed E-state index contributed by atoms with van der Waals surface area (Å²) < 4.78 is 17.3. The van der Waals surface area contributed by atoms with Crippen molar-refractivity contribution < 1.29 is 14.2 Å². The van der Waals surface area contributed by atoms with Crippen LogP contribution in [0.25, 0.3) is 0 Å². The molecule has 1 heterocycles. The molecule has 1 aliphatic heterocycles. The zero-order valence-corrected chi connectivity index (χ0v) is 20.2. The van der Waals surface area contributed by atoms with Gasteiger partial charge in [-0.3, -0.25) is 0 Å². The molecule has 0 bridgehead atoms. The zero-order valence-electron chi connectivity index (χ0n) is 18.7. The van der Waals surface area contributed by atoms with Gasteiger partial charge in [-0.25, -0.2) is 0 Å². The van der Waals surface area contributed by atoms with Gasteiger partial charge in [0.2, 0.25) is 0 Å². The van der Waals surface area contributed by atoms with Crippen LogP contribution in [-0.4, -0.2) is 32.9 Å². The van der Waals surface area contributed by atoms with Gasteiger partial charge in [0, 0.05) is 30.3 Å². The first-order valence-corrected chi connectivity index (χ1v) is 11.9. The Labute approximate surface area is 205 Å². The van der Waals surface area contributed by atoms with Gasteiger partial charge in [0.1, 0.15) is 6.61 Å². The molecule has 3 aromatic carbocycles. The number of nitrogens with one attached hydrogen (secondary N) is 1. The molecule has 0 aliphatic carbocycles. The predicted octanol–water partition coefficient (Wildman–Crippen LogP) is 6.42. The predicted molar refractivity (Wildman–Crippen MR) is 135 cm³/mol. The van der Waals surface area contributed by atoms with E-state index in [0.29, 0.717) is 30.5 Å². The number of benzene rings is 3. The summed E-state index contributed by atoms with van der Waals surface area (Å²) in [7, 11) is 0. The van der Waals surface area contributed by atoms with Gasteiger partial charge < -0.3 is 24.4 Å². The van der Waals surface area contributed by atoms with Gasteiger partial charge in [0.15, 0.2) is 11.5 Å². The van der Waals surface area contributed by atoms with E-state index in [9.17, 15) is 0 Å². The molecule has 3 aromatic rings. The molecule has 0 unspecified atom stereocenters. The summed E-state index contributed by atoms with van der Waals surface area (Å²) in [6.07, 6.45) is 0. The Balaban J connectivity index is 1.39. The molecule has 0 amide bonds. The van der Waals surface area contributed by atoms with Gasteiger partial charge in [-0.05, 0) is 60.5 Å². The highest BCUT2D eigenvalue weighted by Crippen LogP contribution is 2.32. The van der Waals surface area contributed by atoms with Crippen LogP contribution in [0.1, 0.15) is 18.1 Å². The van der Waals surface area contributed by atoms with E-state index >= 15 is 0 Å². The first kappa shape index (κ1) is 23.6. The van der Waals surface area contributed by atoms with E-state index in [1.807, 2.05) is 55.5 Å². The molecular formula is C26H28Cl2N2O3. The number of nitrogens with zero attached hydrogens (tertiary/aromatic N) is 1. The van der Waals surface area contributed by atoms with E-state index in [0.717, 1.165) is 59.6 Å². The minimum Gasteiger partial charge on any atom is -0.490 e. The van der Waals surface area contributed by atoms with Gasteiger partial charge in [-0.1, -0.05) is 41.4 Å². The largest absolute Gasteiger partial charge is 0.490 e. The first-order valence-electron chi connectivity index (χ1n) is 11.1. The van der Waals surface area contributed by atoms with Crippen molar-refractivity contribution in [3.63, 3.8) is 0 Å². The summed E-state index contributed by atoms with van der Waals surface area (Å²) in [5.41, 5.74) is 4.11. The molecule has 1 fully saturated rings. The Bertz CT molecular complexity index is 1070. The minimum absolute atomic E-state index is 0.423. The third-order valence-corrected chi connectivity index (χ3v) is 5.93. The van der Waals surface area contributed by atoms with Gasteiger partial charge in [0.05, 0.1) is 30.5 Å². The number of ether oxygens (including phenoxy) is 3. The van der Waals surface area contributed by atoms with Crippen LogP contribution in [-0.2, 0) is 17.9 Å². The highest BCUT2D eigenvalue weighted by atomic mass is 35.5. The highest BCUT2D eigenvalue weighted by molar-refractivity contribution is 6.33. The maximum absolute atomic E-state index is 6.56. The van der Waals surface area contributed by atoms with Crippen molar-refractivity contribution >= 4 is 34.6 Å². The Morgan fingerprint density at radius 1 is 0.909 bits per heavy atom. The molecule has 0 radical (unpaired) electrons. The lowest BCUT2D eigenvalue weighted by molar-refractivity contribution is 0.122. The third kappa shape index (κ3) is 6.47. The lowest BCUT2D eigenvalue weighted by Crippen LogP contribution is -2.36. The molecule has 0 atom stereocenters. The number of anilines is 2. The topological polar surface area (TPSA) is 43.0 Å². The monoisotopic (exact) mass is 486 g/mol. The minimum atomic E-state index is 0.423. The van der Waals surface area contributed by atoms with Crippen LogP contribution in [0.5, 0.6) is 11.5 Å². The second-order valence-electron chi connectivity index (χ2n) is 7.75. The van der Waals surface area contributed by atoms with Crippen molar-refractivity contribution in [2.45, 2.75) is 20.1 Å². The molecule has 174 valence electrons. The molecule has 33 heavy (non-hydrogen) atoms. The van der Waals surface area contributed by atoms with Gasteiger partial charge in [-0.2, -0.15) is 0 Å². The number of rotatable bonds is 9. The molecule has 5 nitrogen and oxygen atoms in total. The fourth-order valence-corrected chi connectivity index (χ4v) is 4.23.